The number of hydrogen-bond acceptors (Lipinski definition) is 3. The van der Waals surface area contributed by atoms with Crippen molar-refractivity contribution < 1.29 is 4.39 Å². The van der Waals surface area contributed by atoms with Crippen molar-refractivity contribution in [3.05, 3.63) is 58.9 Å². The minimum atomic E-state index is -0.190. The van der Waals surface area contributed by atoms with E-state index in [1.165, 1.54) is 11.6 Å². The molecular weight excluding hydrogens is 265 g/mol. The van der Waals surface area contributed by atoms with E-state index in [0.29, 0.717) is 23.9 Å². The minimum Gasteiger partial charge on any atom is -0.310 e. The summed E-state index contributed by atoms with van der Waals surface area (Å²) in [6.07, 6.45) is 5.64. The summed E-state index contributed by atoms with van der Waals surface area (Å²) in [4.78, 5) is 9.11. The summed E-state index contributed by atoms with van der Waals surface area (Å²) in [5.41, 5.74) is 2.98. The van der Waals surface area contributed by atoms with E-state index in [9.17, 15) is 4.39 Å². The van der Waals surface area contributed by atoms with E-state index >= 15 is 0 Å². The molecule has 1 aromatic heterocycles. The van der Waals surface area contributed by atoms with Crippen LogP contribution < -0.4 is 5.32 Å². The van der Waals surface area contributed by atoms with E-state index in [4.69, 9.17) is 0 Å². The quantitative estimate of drug-likeness (QED) is 0.937. The summed E-state index contributed by atoms with van der Waals surface area (Å²) >= 11 is 0. The lowest BCUT2D eigenvalue weighted by atomic mass is 9.92. The van der Waals surface area contributed by atoms with Crippen LogP contribution in [0.25, 0.3) is 0 Å². The monoisotopic (exact) mass is 285 g/mol. The van der Waals surface area contributed by atoms with Crippen molar-refractivity contribution in [3.63, 3.8) is 0 Å². The third-order valence-corrected chi connectivity index (χ3v) is 3.99. The molecule has 4 heteroatoms. The van der Waals surface area contributed by atoms with E-state index in [1.54, 1.807) is 12.1 Å². The highest BCUT2D eigenvalue weighted by Crippen LogP contribution is 2.28. The van der Waals surface area contributed by atoms with Crippen molar-refractivity contribution >= 4 is 0 Å². The average molecular weight is 285 g/mol. The zero-order valence-corrected chi connectivity index (χ0v) is 12.3. The van der Waals surface area contributed by atoms with E-state index in [1.807, 2.05) is 12.3 Å². The summed E-state index contributed by atoms with van der Waals surface area (Å²) in [7, 11) is 0. The fourth-order valence-corrected chi connectivity index (χ4v) is 2.94. The highest BCUT2D eigenvalue weighted by atomic mass is 19.1. The van der Waals surface area contributed by atoms with E-state index in [0.717, 1.165) is 31.5 Å². The first-order valence-corrected chi connectivity index (χ1v) is 7.59. The Hall–Kier alpha value is -1.81. The Kier molecular flexibility index (Phi) is 4.25. The Balaban J connectivity index is 1.84. The number of benzene rings is 1. The van der Waals surface area contributed by atoms with Crippen molar-refractivity contribution in [3.8, 4) is 0 Å². The molecule has 1 aliphatic rings. The van der Waals surface area contributed by atoms with Gasteiger partial charge in [0.1, 0.15) is 11.6 Å². The standard InChI is InChI=1S/C17H20FN3/c1-2-19-15-8-5-9-16-13(15)11-20-17(21-16)10-12-6-3-4-7-14(12)18/h3-4,6-7,11,15,19H,2,5,8-10H2,1H3. The van der Waals surface area contributed by atoms with Crippen LogP contribution in [0, 0.1) is 5.82 Å². The van der Waals surface area contributed by atoms with Gasteiger partial charge in [0.25, 0.3) is 0 Å². The largest absolute Gasteiger partial charge is 0.310 e. The first-order chi connectivity index (χ1) is 10.3. The molecule has 110 valence electrons. The highest BCUT2D eigenvalue weighted by Gasteiger charge is 2.21. The molecule has 3 rings (SSSR count). The zero-order valence-electron chi connectivity index (χ0n) is 12.3. The van der Waals surface area contributed by atoms with Gasteiger partial charge in [-0.3, -0.25) is 0 Å². The molecule has 0 saturated heterocycles. The fourth-order valence-electron chi connectivity index (χ4n) is 2.94. The molecular formula is C17H20FN3. The van der Waals surface area contributed by atoms with Crippen molar-refractivity contribution in [2.75, 3.05) is 6.54 Å². The molecule has 1 atom stereocenters. The SMILES string of the molecule is CCNC1CCCc2nc(Cc3ccccc3F)ncc21. The molecule has 1 N–H and O–H groups in total. The molecule has 0 amide bonds. The van der Waals surface area contributed by atoms with Gasteiger partial charge in [0, 0.05) is 29.9 Å². The predicted molar refractivity (Wildman–Crippen MR) is 80.6 cm³/mol. The second-order valence-electron chi connectivity index (χ2n) is 5.46. The van der Waals surface area contributed by atoms with Crippen LogP contribution in [-0.4, -0.2) is 16.5 Å². The van der Waals surface area contributed by atoms with Gasteiger partial charge < -0.3 is 5.32 Å². The van der Waals surface area contributed by atoms with Gasteiger partial charge in [-0.15, -0.1) is 0 Å². The molecule has 0 bridgehead atoms. The molecule has 1 aromatic carbocycles. The molecule has 2 aromatic rings. The van der Waals surface area contributed by atoms with Gasteiger partial charge >= 0.3 is 0 Å². The average Bonchev–Trinajstić information content (AvgIpc) is 2.50. The van der Waals surface area contributed by atoms with Crippen LogP contribution in [0.3, 0.4) is 0 Å². The van der Waals surface area contributed by atoms with Gasteiger partial charge in [-0.05, 0) is 37.4 Å². The summed E-state index contributed by atoms with van der Waals surface area (Å²) in [6.45, 7) is 3.06. The lowest BCUT2D eigenvalue weighted by molar-refractivity contribution is 0.462. The summed E-state index contributed by atoms with van der Waals surface area (Å²) < 4.78 is 13.7. The second kappa shape index (κ2) is 6.31. The smallest absolute Gasteiger partial charge is 0.133 e. The van der Waals surface area contributed by atoms with Crippen molar-refractivity contribution in [1.29, 1.82) is 0 Å². The van der Waals surface area contributed by atoms with Gasteiger partial charge in [-0.2, -0.15) is 0 Å². The Bertz CT molecular complexity index is 627. The fraction of sp³-hybridized carbons (Fsp3) is 0.412. The van der Waals surface area contributed by atoms with Crippen LogP contribution in [0.4, 0.5) is 4.39 Å². The number of nitrogens with one attached hydrogen (secondary N) is 1. The van der Waals surface area contributed by atoms with Crippen LogP contribution in [0.15, 0.2) is 30.5 Å². The third kappa shape index (κ3) is 3.10. The van der Waals surface area contributed by atoms with Crippen LogP contribution in [0.2, 0.25) is 0 Å². The number of halogens is 1. The Labute approximate surface area is 124 Å². The van der Waals surface area contributed by atoms with E-state index in [-0.39, 0.29) is 5.82 Å². The first kappa shape index (κ1) is 14.1. The minimum absolute atomic E-state index is 0.190. The molecule has 21 heavy (non-hydrogen) atoms. The van der Waals surface area contributed by atoms with Crippen molar-refractivity contribution in [2.45, 2.75) is 38.6 Å². The van der Waals surface area contributed by atoms with E-state index in [2.05, 4.69) is 22.2 Å². The van der Waals surface area contributed by atoms with Gasteiger partial charge in [0.15, 0.2) is 0 Å². The Morgan fingerprint density at radius 1 is 1.33 bits per heavy atom. The van der Waals surface area contributed by atoms with Crippen molar-refractivity contribution in [1.82, 2.24) is 15.3 Å². The predicted octanol–water partition coefficient (Wildman–Crippen LogP) is 3.19. The molecule has 0 aliphatic heterocycles. The summed E-state index contributed by atoms with van der Waals surface area (Å²) in [5.74, 6) is 0.514. The van der Waals surface area contributed by atoms with Gasteiger partial charge in [0.2, 0.25) is 0 Å². The third-order valence-electron chi connectivity index (χ3n) is 3.99. The summed E-state index contributed by atoms with van der Waals surface area (Å²) in [6, 6.07) is 7.18. The topological polar surface area (TPSA) is 37.8 Å². The first-order valence-electron chi connectivity index (χ1n) is 7.59. The molecule has 1 heterocycles. The van der Waals surface area contributed by atoms with Gasteiger partial charge in [-0.1, -0.05) is 25.1 Å². The molecule has 0 saturated carbocycles. The summed E-state index contributed by atoms with van der Waals surface area (Å²) in [5, 5.41) is 3.48. The molecule has 3 nitrogen and oxygen atoms in total. The van der Waals surface area contributed by atoms with Gasteiger partial charge in [0.05, 0.1) is 0 Å². The number of nitrogens with zero attached hydrogens (tertiary/aromatic N) is 2. The van der Waals surface area contributed by atoms with Crippen LogP contribution in [-0.2, 0) is 12.8 Å². The van der Waals surface area contributed by atoms with Crippen LogP contribution in [0.5, 0.6) is 0 Å². The highest BCUT2D eigenvalue weighted by molar-refractivity contribution is 5.27. The molecule has 1 aliphatic carbocycles. The number of fused-ring (bicyclic) bond motifs is 1. The molecule has 0 fully saturated rings. The molecule has 1 unspecified atom stereocenters. The van der Waals surface area contributed by atoms with E-state index < -0.39 is 0 Å². The zero-order chi connectivity index (χ0) is 14.7. The Morgan fingerprint density at radius 2 is 2.19 bits per heavy atom. The second-order valence-corrected chi connectivity index (χ2v) is 5.46. The number of aryl methyl sites for hydroxylation is 1. The molecule has 0 radical (unpaired) electrons. The van der Waals surface area contributed by atoms with Crippen LogP contribution in [0.1, 0.15) is 48.5 Å². The normalized spacial score (nSPS) is 17.5. The maximum Gasteiger partial charge on any atom is 0.133 e. The maximum absolute atomic E-state index is 13.7. The maximum atomic E-state index is 13.7. The van der Waals surface area contributed by atoms with Gasteiger partial charge in [-0.25, -0.2) is 14.4 Å². The number of aromatic nitrogens is 2. The number of hydrogen-bond donors (Lipinski definition) is 1. The lowest BCUT2D eigenvalue weighted by Gasteiger charge is -2.25. The Morgan fingerprint density at radius 3 is 3.00 bits per heavy atom. The number of rotatable bonds is 4. The lowest BCUT2D eigenvalue weighted by Crippen LogP contribution is -2.26. The van der Waals surface area contributed by atoms with Crippen molar-refractivity contribution in [2.24, 2.45) is 0 Å². The van der Waals surface area contributed by atoms with Crippen LogP contribution >= 0.6 is 0 Å². The molecule has 0 spiro atoms.